The van der Waals surface area contributed by atoms with Crippen molar-refractivity contribution < 1.29 is 4.79 Å². The number of nitrogens with one attached hydrogen (secondary N) is 1. The first-order valence-electron chi connectivity index (χ1n) is 9.15. The highest BCUT2D eigenvalue weighted by Crippen LogP contribution is 2.34. The summed E-state index contributed by atoms with van der Waals surface area (Å²) < 4.78 is 1.72. The van der Waals surface area contributed by atoms with Gasteiger partial charge in [-0.15, -0.1) is 0 Å². The van der Waals surface area contributed by atoms with E-state index in [0.29, 0.717) is 11.9 Å². The topological polar surface area (TPSA) is 63.1 Å². The maximum absolute atomic E-state index is 12.6. The second-order valence-electron chi connectivity index (χ2n) is 7.33. The fraction of sp³-hybridized carbons (Fsp3) is 0.526. The van der Waals surface area contributed by atoms with Crippen molar-refractivity contribution in [1.29, 1.82) is 0 Å². The van der Waals surface area contributed by atoms with Crippen LogP contribution in [0.25, 0.3) is 5.82 Å². The van der Waals surface area contributed by atoms with Crippen molar-refractivity contribution in [3.8, 4) is 5.82 Å². The lowest BCUT2D eigenvalue weighted by Crippen LogP contribution is -2.47. The third kappa shape index (κ3) is 3.31. The molecule has 0 unspecified atom stereocenters. The van der Waals surface area contributed by atoms with Gasteiger partial charge in [0.1, 0.15) is 5.82 Å². The van der Waals surface area contributed by atoms with Gasteiger partial charge >= 0.3 is 0 Å². The minimum atomic E-state index is 0.101. The van der Waals surface area contributed by atoms with Crippen molar-refractivity contribution in [3.05, 3.63) is 35.7 Å². The van der Waals surface area contributed by atoms with E-state index in [1.165, 1.54) is 25.9 Å². The molecule has 1 aliphatic heterocycles. The third-order valence-corrected chi connectivity index (χ3v) is 5.34. The number of carbonyl (C=O) groups is 1. The molecule has 2 aromatic heterocycles. The van der Waals surface area contributed by atoms with Gasteiger partial charge in [-0.2, -0.15) is 9.78 Å². The predicted octanol–water partition coefficient (Wildman–Crippen LogP) is 2.70. The van der Waals surface area contributed by atoms with Crippen molar-refractivity contribution >= 4 is 11.7 Å². The number of pyridine rings is 1. The number of carbonyl (C=O) groups excluding carboxylic acids is 1. The number of hydrogen-bond acceptors (Lipinski definition) is 4. The van der Waals surface area contributed by atoms with Crippen LogP contribution in [0.5, 0.6) is 0 Å². The van der Waals surface area contributed by atoms with Crippen LogP contribution in [0, 0.1) is 19.8 Å². The Bertz CT molecular complexity index is 772. The highest BCUT2D eigenvalue weighted by molar-refractivity contribution is 5.92. The van der Waals surface area contributed by atoms with Crippen LogP contribution in [0.2, 0.25) is 0 Å². The molecule has 2 aromatic rings. The first kappa shape index (κ1) is 16.3. The number of hydrogen-bond donors (Lipinski definition) is 1. The molecule has 6 nitrogen and oxygen atoms in total. The molecule has 1 saturated heterocycles. The normalized spacial score (nSPS) is 23.4. The molecular weight excluding hydrogens is 314 g/mol. The molecule has 2 fully saturated rings. The molecule has 25 heavy (non-hydrogen) atoms. The molecule has 132 valence electrons. The summed E-state index contributed by atoms with van der Waals surface area (Å²) in [5.74, 6) is 1.64. The molecule has 2 aliphatic rings. The number of nitrogens with zero attached hydrogens (tertiary/aromatic N) is 4. The van der Waals surface area contributed by atoms with Crippen molar-refractivity contribution in [1.82, 2.24) is 19.7 Å². The van der Waals surface area contributed by atoms with E-state index in [1.54, 1.807) is 10.9 Å². The number of anilines is 1. The molecule has 0 spiro atoms. The smallest absolute Gasteiger partial charge is 0.228 e. The van der Waals surface area contributed by atoms with Gasteiger partial charge < -0.3 is 10.2 Å². The Kier molecular flexibility index (Phi) is 4.29. The van der Waals surface area contributed by atoms with Crippen LogP contribution in [0.1, 0.15) is 36.9 Å². The van der Waals surface area contributed by atoms with E-state index in [0.717, 1.165) is 29.9 Å². The van der Waals surface area contributed by atoms with Gasteiger partial charge in [-0.1, -0.05) is 0 Å². The molecule has 1 saturated carbocycles. The Labute approximate surface area is 148 Å². The number of rotatable bonds is 4. The van der Waals surface area contributed by atoms with E-state index in [-0.39, 0.29) is 11.8 Å². The highest BCUT2D eigenvalue weighted by atomic mass is 16.2. The molecule has 1 amide bonds. The standard InChI is InChI=1S/C19H25N5O/c1-13-5-6-20-17(9-13)24-18(10-14(2)22-24)21-19(25)15-11-16(12-15)23-7-3-4-8-23/h5-6,9-10,15-16H,3-4,7-8,11-12H2,1-2H3,(H,21,25). The Morgan fingerprint density at radius 1 is 1.20 bits per heavy atom. The average molecular weight is 339 g/mol. The van der Waals surface area contributed by atoms with Crippen LogP contribution in [0.3, 0.4) is 0 Å². The van der Waals surface area contributed by atoms with Crippen LogP contribution in [-0.2, 0) is 4.79 Å². The Hall–Kier alpha value is -2.21. The lowest BCUT2D eigenvalue weighted by atomic mass is 9.79. The number of likely N-dealkylation sites (tertiary alicyclic amines) is 1. The van der Waals surface area contributed by atoms with Crippen LogP contribution in [0.4, 0.5) is 5.82 Å². The summed E-state index contributed by atoms with van der Waals surface area (Å²) in [7, 11) is 0. The Balaban J connectivity index is 1.44. The van der Waals surface area contributed by atoms with Crippen molar-refractivity contribution in [3.63, 3.8) is 0 Å². The first-order chi connectivity index (χ1) is 12.1. The van der Waals surface area contributed by atoms with Crippen molar-refractivity contribution in [2.24, 2.45) is 5.92 Å². The largest absolute Gasteiger partial charge is 0.310 e. The van der Waals surface area contributed by atoms with Gasteiger partial charge in [0.15, 0.2) is 5.82 Å². The monoisotopic (exact) mass is 339 g/mol. The van der Waals surface area contributed by atoms with Gasteiger partial charge in [0, 0.05) is 24.2 Å². The molecule has 0 aromatic carbocycles. The summed E-state index contributed by atoms with van der Waals surface area (Å²) in [6.07, 6.45) is 6.31. The van der Waals surface area contributed by atoms with Crippen LogP contribution in [-0.4, -0.2) is 44.7 Å². The van der Waals surface area contributed by atoms with Gasteiger partial charge in [0.2, 0.25) is 5.91 Å². The molecule has 3 heterocycles. The fourth-order valence-electron chi connectivity index (χ4n) is 3.83. The summed E-state index contributed by atoms with van der Waals surface area (Å²) in [5, 5.41) is 7.55. The maximum atomic E-state index is 12.6. The van der Waals surface area contributed by atoms with Crippen molar-refractivity contribution in [2.75, 3.05) is 18.4 Å². The van der Waals surface area contributed by atoms with E-state index < -0.39 is 0 Å². The molecule has 0 bridgehead atoms. The quantitative estimate of drug-likeness (QED) is 0.930. The number of amides is 1. The minimum absolute atomic E-state index is 0.101. The zero-order valence-electron chi connectivity index (χ0n) is 14.9. The molecular formula is C19H25N5O. The number of aromatic nitrogens is 3. The second-order valence-corrected chi connectivity index (χ2v) is 7.33. The lowest BCUT2D eigenvalue weighted by Gasteiger charge is -2.40. The van der Waals surface area contributed by atoms with Gasteiger partial charge in [-0.3, -0.25) is 4.79 Å². The minimum Gasteiger partial charge on any atom is -0.310 e. The lowest BCUT2D eigenvalue weighted by molar-refractivity contribution is -0.124. The van der Waals surface area contributed by atoms with E-state index in [9.17, 15) is 4.79 Å². The van der Waals surface area contributed by atoms with Gasteiger partial charge in [0.25, 0.3) is 0 Å². The van der Waals surface area contributed by atoms with E-state index in [4.69, 9.17) is 0 Å². The molecule has 0 atom stereocenters. The molecule has 4 rings (SSSR count). The third-order valence-electron chi connectivity index (χ3n) is 5.34. The molecule has 0 radical (unpaired) electrons. The zero-order chi connectivity index (χ0) is 17.4. The van der Waals surface area contributed by atoms with E-state index in [1.807, 2.05) is 32.0 Å². The van der Waals surface area contributed by atoms with Gasteiger partial charge in [-0.05, 0) is 70.3 Å². The highest BCUT2D eigenvalue weighted by Gasteiger charge is 2.38. The van der Waals surface area contributed by atoms with E-state index >= 15 is 0 Å². The Morgan fingerprint density at radius 3 is 2.68 bits per heavy atom. The van der Waals surface area contributed by atoms with Crippen LogP contribution in [0.15, 0.2) is 24.4 Å². The second kappa shape index (κ2) is 6.59. The van der Waals surface area contributed by atoms with Gasteiger partial charge in [-0.25, -0.2) is 4.98 Å². The van der Waals surface area contributed by atoms with Crippen LogP contribution < -0.4 is 5.32 Å². The predicted molar refractivity (Wildman–Crippen MR) is 96.8 cm³/mol. The fourth-order valence-corrected chi connectivity index (χ4v) is 3.83. The maximum Gasteiger partial charge on any atom is 0.228 e. The summed E-state index contributed by atoms with van der Waals surface area (Å²) in [4.78, 5) is 19.5. The summed E-state index contributed by atoms with van der Waals surface area (Å²) in [5.41, 5.74) is 1.98. The SMILES string of the molecule is Cc1ccnc(-n2nc(C)cc2NC(=O)C2CC(N3CCCC3)C2)c1. The average Bonchev–Trinajstić information content (AvgIpc) is 3.16. The Morgan fingerprint density at radius 2 is 1.96 bits per heavy atom. The van der Waals surface area contributed by atoms with Crippen LogP contribution >= 0.6 is 0 Å². The zero-order valence-corrected chi connectivity index (χ0v) is 14.9. The summed E-state index contributed by atoms with van der Waals surface area (Å²) in [6, 6.07) is 6.42. The first-order valence-corrected chi connectivity index (χ1v) is 9.15. The summed E-state index contributed by atoms with van der Waals surface area (Å²) in [6.45, 7) is 6.34. The molecule has 6 heteroatoms. The van der Waals surface area contributed by atoms with E-state index in [2.05, 4.69) is 20.3 Å². The molecule has 1 N–H and O–H groups in total. The summed E-state index contributed by atoms with van der Waals surface area (Å²) >= 11 is 0. The van der Waals surface area contributed by atoms with Gasteiger partial charge in [0.05, 0.1) is 5.69 Å². The number of aryl methyl sites for hydroxylation is 2. The van der Waals surface area contributed by atoms with Crippen molar-refractivity contribution in [2.45, 2.75) is 45.6 Å². The molecule has 1 aliphatic carbocycles.